The Bertz CT molecular complexity index is 1030. The lowest BCUT2D eigenvalue weighted by Crippen LogP contribution is -2.44. The fraction of sp³-hybridized carbons (Fsp3) is 0.300. The molecule has 1 atom stereocenters. The van der Waals surface area contributed by atoms with Crippen molar-refractivity contribution in [3.8, 4) is 0 Å². The molecule has 140 valence electrons. The predicted octanol–water partition coefficient (Wildman–Crippen LogP) is 2.36. The van der Waals surface area contributed by atoms with E-state index in [1.165, 1.54) is 0 Å². The van der Waals surface area contributed by atoms with Crippen molar-refractivity contribution in [3.63, 3.8) is 0 Å². The molecule has 0 saturated carbocycles. The minimum absolute atomic E-state index is 0.0344. The van der Waals surface area contributed by atoms with Crippen LogP contribution < -0.4 is 5.32 Å². The largest absolute Gasteiger partial charge is 0.481 e. The van der Waals surface area contributed by atoms with Crippen molar-refractivity contribution in [1.29, 1.82) is 0 Å². The third-order valence-electron chi connectivity index (χ3n) is 4.83. The monoisotopic (exact) mass is 366 g/mol. The molecule has 27 heavy (non-hydrogen) atoms. The van der Waals surface area contributed by atoms with Crippen LogP contribution in [0.1, 0.15) is 34.2 Å². The van der Waals surface area contributed by atoms with Crippen molar-refractivity contribution in [2.24, 2.45) is 7.05 Å². The van der Waals surface area contributed by atoms with Gasteiger partial charge in [0.2, 0.25) is 0 Å². The second-order valence-corrected chi connectivity index (χ2v) is 6.90. The summed E-state index contributed by atoms with van der Waals surface area (Å²) >= 11 is 0. The number of benzene rings is 1. The number of nitrogens with one attached hydrogen (secondary N) is 1. The zero-order valence-corrected chi connectivity index (χ0v) is 15.8. The summed E-state index contributed by atoms with van der Waals surface area (Å²) in [6, 6.07) is 10.6. The average molecular weight is 366 g/mol. The van der Waals surface area contributed by atoms with Gasteiger partial charge in [-0.05, 0) is 32.4 Å². The van der Waals surface area contributed by atoms with Gasteiger partial charge < -0.3 is 10.4 Å². The Morgan fingerprint density at radius 2 is 1.89 bits per heavy atom. The Labute approximate surface area is 157 Å². The van der Waals surface area contributed by atoms with Crippen LogP contribution in [0.3, 0.4) is 0 Å². The predicted molar refractivity (Wildman–Crippen MR) is 102 cm³/mol. The van der Waals surface area contributed by atoms with Gasteiger partial charge in [-0.3, -0.25) is 14.3 Å². The summed E-state index contributed by atoms with van der Waals surface area (Å²) in [4.78, 5) is 29.3. The minimum atomic E-state index is -1.23. The maximum Gasteiger partial charge on any atom is 0.315 e. The molecular formula is C20H22N4O3. The Hall–Kier alpha value is -3.22. The molecule has 0 aliphatic rings. The van der Waals surface area contributed by atoms with Gasteiger partial charge in [0.05, 0.1) is 16.6 Å². The van der Waals surface area contributed by atoms with Crippen LogP contribution in [0.4, 0.5) is 0 Å². The molecule has 0 radical (unpaired) electrons. The van der Waals surface area contributed by atoms with Gasteiger partial charge in [0.1, 0.15) is 5.41 Å². The number of pyridine rings is 1. The number of amides is 1. The smallest absolute Gasteiger partial charge is 0.315 e. The molecular weight excluding hydrogens is 344 g/mol. The van der Waals surface area contributed by atoms with Crippen LogP contribution in [0.5, 0.6) is 0 Å². The lowest BCUT2D eigenvalue weighted by Gasteiger charge is -2.25. The number of aromatic nitrogens is 3. The van der Waals surface area contributed by atoms with Gasteiger partial charge in [0.25, 0.3) is 5.91 Å². The molecule has 1 amide bonds. The maximum absolute atomic E-state index is 12.9. The van der Waals surface area contributed by atoms with E-state index in [1.807, 2.05) is 19.9 Å². The van der Waals surface area contributed by atoms with Crippen LogP contribution in [0.25, 0.3) is 11.0 Å². The molecule has 1 aromatic carbocycles. The van der Waals surface area contributed by atoms with Crippen molar-refractivity contribution in [1.82, 2.24) is 20.1 Å². The number of carbonyl (C=O) groups is 2. The summed E-state index contributed by atoms with van der Waals surface area (Å²) < 4.78 is 1.64. The fourth-order valence-corrected chi connectivity index (χ4v) is 3.21. The van der Waals surface area contributed by atoms with Crippen LogP contribution in [0, 0.1) is 13.8 Å². The van der Waals surface area contributed by atoms with Gasteiger partial charge in [-0.25, -0.2) is 4.98 Å². The molecule has 0 spiro atoms. The average Bonchev–Trinajstić information content (AvgIpc) is 2.93. The molecule has 2 aromatic heterocycles. The normalized spacial score (nSPS) is 13.3. The summed E-state index contributed by atoms with van der Waals surface area (Å²) in [5.41, 5.74) is 1.87. The molecule has 0 bridgehead atoms. The molecule has 2 heterocycles. The molecule has 7 nitrogen and oxygen atoms in total. The van der Waals surface area contributed by atoms with E-state index in [2.05, 4.69) is 15.4 Å². The first-order valence-corrected chi connectivity index (χ1v) is 8.62. The van der Waals surface area contributed by atoms with Crippen LogP contribution in [0.15, 0.2) is 36.4 Å². The summed E-state index contributed by atoms with van der Waals surface area (Å²) in [5.74, 6) is -1.34. The Kier molecular flexibility index (Phi) is 4.70. The van der Waals surface area contributed by atoms with Gasteiger partial charge in [-0.1, -0.05) is 30.3 Å². The number of carbonyl (C=O) groups excluding carboxylic acids is 1. The van der Waals surface area contributed by atoms with Crippen molar-refractivity contribution in [3.05, 3.63) is 58.9 Å². The standard InChI is InChI=1S/C20H22N4O3/c1-12-10-15(16-13(2)23-24(4)17(16)22-12)18(25)21-11-20(3,19(26)27)14-8-6-5-7-9-14/h5-10H,11H2,1-4H3,(H,21,25)(H,26,27). The number of hydrogen-bond acceptors (Lipinski definition) is 4. The van der Waals surface area contributed by atoms with Gasteiger partial charge in [-0.2, -0.15) is 5.10 Å². The highest BCUT2D eigenvalue weighted by Crippen LogP contribution is 2.25. The van der Waals surface area contributed by atoms with Crippen molar-refractivity contribution in [2.75, 3.05) is 6.54 Å². The molecule has 0 aliphatic carbocycles. The van der Waals surface area contributed by atoms with E-state index in [1.54, 1.807) is 49.0 Å². The van der Waals surface area contributed by atoms with E-state index < -0.39 is 11.4 Å². The highest BCUT2D eigenvalue weighted by molar-refractivity contribution is 6.06. The number of aliphatic carboxylic acids is 1. The highest BCUT2D eigenvalue weighted by Gasteiger charge is 2.35. The highest BCUT2D eigenvalue weighted by atomic mass is 16.4. The number of aryl methyl sites for hydroxylation is 3. The van der Waals surface area contributed by atoms with Crippen molar-refractivity contribution in [2.45, 2.75) is 26.2 Å². The molecule has 2 N–H and O–H groups in total. The van der Waals surface area contributed by atoms with Crippen LogP contribution in [-0.4, -0.2) is 38.3 Å². The number of hydrogen-bond donors (Lipinski definition) is 2. The quantitative estimate of drug-likeness (QED) is 0.722. The number of rotatable bonds is 5. The first-order valence-electron chi connectivity index (χ1n) is 8.62. The van der Waals surface area contributed by atoms with Gasteiger partial charge >= 0.3 is 5.97 Å². The third-order valence-corrected chi connectivity index (χ3v) is 4.83. The van der Waals surface area contributed by atoms with Crippen LogP contribution >= 0.6 is 0 Å². The molecule has 3 aromatic rings. The van der Waals surface area contributed by atoms with Crippen LogP contribution in [-0.2, 0) is 17.3 Å². The summed E-state index contributed by atoms with van der Waals surface area (Å²) in [6.07, 6.45) is 0. The summed E-state index contributed by atoms with van der Waals surface area (Å²) in [7, 11) is 1.78. The van der Waals surface area contributed by atoms with Crippen LogP contribution in [0.2, 0.25) is 0 Å². The second-order valence-electron chi connectivity index (χ2n) is 6.90. The Morgan fingerprint density at radius 3 is 2.52 bits per heavy atom. The minimum Gasteiger partial charge on any atom is -0.481 e. The van der Waals surface area contributed by atoms with Gasteiger partial charge in [-0.15, -0.1) is 0 Å². The van der Waals surface area contributed by atoms with E-state index in [9.17, 15) is 14.7 Å². The maximum atomic E-state index is 12.9. The topological polar surface area (TPSA) is 97.1 Å². The van der Waals surface area contributed by atoms with E-state index in [0.29, 0.717) is 33.5 Å². The third kappa shape index (κ3) is 3.28. The fourth-order valence-electron chi connectivity index (χ4n) is 3.21. The molecule has 0 fully saturated rings. The zero-order chi connectivity index (χ0) is 19.8. The molecule has 0 aliphatic heterocycles. The zero-order valence-electron chi connectivity index (χ0n) is 15.8. The van der Waals surface area contributed by atoms with E-state index >= 15 is 0 Å². The van der Waals surface area contributed by atoms with E-state index in [-0.39, 0.29) is 12.5 Å². The first kappa shape index (κ1) is 18.6. The molecule has 1 unspecified atom stereocenters. The molecule has 0 saturated heterocycles. The van der Waals surface area contributed by atoms with Crippen molar-refractivity contribution >= 4 is 22.9 Å². The van der Waals surface area contributed by atoms with Gasteiger partial charge in [0.15, 0.2) is 5.65 Å². The Balaban J connectivity index is 1.94. The number of carboxylic acids is 1. The summed E-state index contributed by atoms with van der Waals surface area (Å²) in [6.45, 7) is 5.20. The Morgan fingerprint density at radius 1 is 1.22 bits per heavy atom. The number of nitrogens with zero attached hydrogens (tertiary/aromatic N) is 3. The van der Waals surface area contributed by atoms with E-state index in [4.69, 9.17) is 0 Å². The number of fused-ring (bicyclic) bond motifs is 1. The first-order chi connectivity index (χ1) is 12.7. The molecule has 7 heteroatoms. The SMILES string of the molecule is Cc1cc(C(=O)NCC(C)(C(=O)O)c2ccccc2)c2c(C)nn(C)c2n1. The van der Waals surface area contributed by atoms with Crippen molar-refractivity contribution < 1.29 is 14.7 Å². The lowest BCUT2D eigenvalue weighted by molar-refractivity contribution is -0.142. The summed E-state index contributed by atoms with van der Waals surface area (Å²) in [5, 5.41) is 17.6. The lowest BCUT2D eigenvalue weighted by atomic mass is 9.82. The second kappa shape index (κ2) is 6.83. The molecule has 3 rings (SSSR count). The van der Waals surface area contributed by atoms with E-state index in [0.717, 1.165) is 0 Å². The number of carboxylic acid groups (broad SMARTS) is 1. The van der Waals surface area contributed by atoms with Gasteiger partial charge in [0, 0.05) is 19.3 Å².